The van der Waals surface area contributed by atoms with E-state index in [0.29, 0.717) is 18.1 Å². The molecule has 0 atom stereocenters. The van der Waals surface area contributed by atoms with Gasteiger partial charge in [0.05, 0.1) is 24.1 Å². The molecule has 0 aliphatic rings. The van der Waals surface area contributed by atoms with Crippen LogP contribution >= 0.6 is 11.6 Å². The summed E-state index contributed by atoms with van der Waals surface area (Å²) in [6, 6.07) is 8.58. The smallest absolute Gasteiger partial charge is 0.418 e. The average molecular weight is 369 g/mol. The number of alkyl halides is 3. The summed E-state index contributed by atoms with van der Waals surface area (Å²) in [5.41, 5.74) is -1.07. The van der Waals surface area contributed by atoms with Crippen LogP contribution < -0.4 is 10.6 Å². The van der Waals surface area contributed by atoms with E-state index in [1.54, 1.807) is 24.5 Å². The molecule has 0 saturated heterocycles. The summed E-state index contributed by atoms with van der Waals surface area (Å²) in [6.45, 7) is 0.387. The number of rotatable bonds is 5. The second-order valence-corrected chi connectivity index (χ2v) is 5.45. The largest absolute Gasteiger partial charge is 0.467 e. The third-order valence-corrected chi connectivity index (χ3v) is 3.45. The number of anilines is 3. The second-order valence-electron chi connectivity index (χ2n) is 5.01. The van der Waals surface area contributed by atoms with Crippen LogP contribution in [0.4, 0.5) is 30.6 Å². The maximum Gasteiger partial charge on any atom is 0.418 e. The zero-order chi connectivity index (χ0) is 17.9. The highest BCUT2D eigenvalue weighted by molar-refractivity contribution is 6.30. The fraction of sp³-hybridized carbons (Fsp3) is 0.125. The minimum Gasteiger partial charge on any atom is -0.467 e. The predicted octanol–water partition coefficient (Wildman–Crippen LogP) is 5.10. The zero-order valence-electron chi connectivity index (χ0n) is 12.6. The number of hydrogen-bond acceptors (Lipinski definition) is 5. The minimum atomic E-state index is -4.55. The van der Waals surface area contributed by atoms with E-state index in [4.69, 9.17) is 16.0 Å². The number of hydrogen-bond donors (Lipinski definition) is 2. The maximum absolute atomic E-state index is 13.1. The number of aromatic nitrogens is 2. The van der Waals surface area contributed by atoms with Crippen molar-refractivity contribution < 1.29 is 17.6 Å². The van der Waals surface area contributed by atoms with Gasteiger partial charge in [-0.2, -0.15) is 18.2 Å². The zero-order valence-corrected chi connectivity index (χ0v) is 13.4. The first-order valence-electron chi connectivity index (χ1n) is 7.15. The van der Waals surface area contributed by atoms with Gasteiger partial charge < -0.3 is 15.1 Å². The Morgan fingerprint density at radius 1 is 1.16 bits per heavy atom. The molecule has 0 fully saturated rings. The molecule has 0 aliphatic carbocycles. The SMILES string of the molecule is FC(F)(F)c1cc(Cl)ccc1Nc1nccc(NCc2ccco2)n1. The first kappa shape index (κ1) is 17.1. The summed E-state index contributed by atoms with van der Waals surface area (Å²) >= 11 is 5.66. The lowest BCUT2D eigenvalue weighted by Crippen LogP contribution is -2.10. The number of nitrogens with one attached hydrogen (secondary N) is 2. The highest BCUT2D eigenvalue weighted by atomic mass is 35.5. The van der Waals surface area contributed by atoms with Gasteiger partial charge >= 0.3 is 6.18 Å². The molecule has 2 N–H and O–H groups in total. The number of nitrogens with zero attached hydrogens (tertiary/aromatic N) is 2. The summed E-state index contributed by atoms with van der Waals surface area (Å²) in [4.78, 5) is 8.08. The average Bonchev–Trinajstić information content (AvgIpc) is 3.08. The predicted molar refractivity (Wildman–Crippen MR) is 87.8 cm³/mol. The fourth-order valence-electron chi connectivity index (χ4n) is 2.09. The molecule has 3 rings (SSSR count). The first-order valence-corrected chi connectivity index (χ1v) is 7.53. The molecule has 5 nitrogen and oxygen atoms in total. The van der Waals surface area contributed by atoms with Crippen molar-refractivity contribution in [2.75, 3.05) is 10.6 Å². The molecular weight excluding hydrogens is 357 g/mol. The lowest BCUT2D eigenvalue weighted by Gasteiger charge is -2.14. The van der Waals surface area contributed by atoms with Gasteiger partial charge in [0.1, 0.15) is 11.6 Å². The highest BCUT2D eigenvalue weighted by Gasteiger charge is 2.34. The summed E-state index contributed by atoms with van der Waals surface area (Å²) in [7, 11) is 0. The van der Waals surface area contributed by atoms with Gasteiger partial charge in [-0.15, -0.1) is 0 Å². The van der Waals surface area contributed by atoms with E-state index in [-0.39, 0.29) is 16.7 Å². The fourth-order valence-corrected chi connectivity index (χ4v) is 2.26. The topological polar surface area (TPSA) is 63.0 Å². The van der Waals surface area contributed by atoms with E-state index in [9.17, 15) is 13.2 Å². The van der Waals surface area contributed by atoms with Crippen molar-refractivity contribution in [3.8, 4) is 0 Å². The molecule has 2 heterocycles. The molecule has 9 heteroatoms. The molecule has 0 amide bonds. The lowest BCUT2D eigenvalue weighted by molar-refractivity contribution is -0.136. The third kappa shape index (κ3) is 4.42. The van der Waals surface area contributed by atoms with Crippen molar-refractivity contribution in [3.63, 3.8) is 0 Å². The van der Waals surface area contributed by atoms with Crippen molar-refractivity contribution in [2.24, 2.45) is 0 Å². The van der Waals surface area contributed by atoms with E-state index in [0.717, 1.165) is 6.07 Å². The summed E-state index contributed by atoms with van der Waals surface area (Å²) in [5.74, 6) is 1.17. The van der Waals surface area contributed by atoms with Crippen molar-refractivity contribution in [2.45, 2.75) is 12.7 Å². The summed E-state index contributed by atoms with van der Waals surface area (Å²) < 4.78 is 44.6. The Balaban J connectivity index is 1.78. The molecule has 3 aromatic rings. The molecule has 1 aromatic carbocycles. The van der Waals surface area contributed by atoms with Gasteiger partial charge in [-0.25, -0.2) is 4.98 Å². The van der Waals surface area contributed by atoms with Gasteiger partial charge in [-0.05, 0) is 36.4 Å². The van der Waals surface area contributed by atoms with Gasteiger partial charge in [0.15, 0.2) is 0 Å². The molecule has 0 saturated carbocycles. The third-order valence-electron chi connectivity index (χ3n) is 3.21. The standard InChI is InChI=1S/C16H12ClF3N4O/c17-10-3-4-13(12(8-10)16(18,19)20)23-15-21-6-5-14(24-15)22-9-11-2-1-7-25-11/h1-8H,9H2,(H2,21,22,23,24). The lowest BCUT2D eigenvalue weighted by atomic mass is 10.1. The minimum absolute atomic E-state index is 0.00680. The Morgan fingerprint density at radius 2 is 2.00 bits per heavy atom. The number of furan rings is 1. The van der Waals surface area contributed by atoms with Gasteiger partial charge in [0, 0.05) is 11.2 Å². The van der Waals surface area contributed by atoms with E-state index in [2.05, 4.69) is 20.6 Å². The van der Waals surface area contributed by atoms with Crippen molar-refractivity contribution in [1.29, 1.82) is 0 Å². The van der Waals surface area contributed by atoms with Crippen LogP contribution in [0.1, 0.15) is 11.3 Å². The number of benzene rings is 1. The van der Waals surface area contributed by atoms with Crippen LogP contribution in [-0.4, -0.2) is 9.97 Å². The molecule has 0 radical (unpaired) electrons. The van der Waals surface area contributed by atoms with E-state index in [1.807, 2.05) is 0 Å². The monoisotopic (exact) mass is 368 g/mol. The molecule has 0 bridgehead atoms. The van der Waals surface area contributed by atoms with Crippen molar-refractivity contribution in [1.82, 2.24) is 9.97 Å². The Bertz CT molecular complexity index is 853. The van der Waals surface area contributed by atoms with Gasteiger partial charge in [0.25, 0.3) is 0 Å². The van der Waals surface area contributed by atoms with Crippen LogP contribution in [0.15, 0.2) is 53.3 Å². The van der Waals surface area contributed by atoms with Crippen LogP contribution in [-0.2, 0) is 12.7 Å². The van der Waals surface area contributed by atoms with E-state index >= 15 is 0 Å². The summed E-state index contributed by atoms with van der Waals surface area (Å²) in [5, 5.41) is 5.57. The van der Waals surface area contributed by atoms with E-state index in [1.165, 1.54) is 18.3 Å². The van der Waals surface area contributed by atoms with Gasteiger partial charge in [-0.1, -0.05) is 11.6 Å². The second kappa shape index (κ2) is 7.02. The van der Waals surface area contributed by atoms with Crippen LogP contribution in [0.2, 0.25) is 5.02 Å². The molecule has 130 valence electrons. The Morgan fingerprint density at radius 3 is 2.72 bits per heavy atom. The summed E-state index contributed by atoms with van der Waals surface area (Å²) in [6.07, 6.45) is -1.57. The number of halogens is 4. The normalized spacial score (nSPS) is 11.4. The van der Waals surface area contributed by atoms with Crippen LogP contribution in [0.3, 0.4) is 0 Å². The van der Waals surface area contributed by atoms with Crippen LogP contribution in [0.5, 0.6) is 0 Å². The molecular formula is C16H12ClF3N4O. The Labute approximate surface area is 145 Å². The molecule has 0 unspecified atom stereocenters. The van der Waals surface area contributed by atoms with Crippen LogP contribution in [0.25, 0.3) is 0 Å². The molecule has 0 spiro atoms. The van der Waals surface area contributed by atoms with Crippen molar-refractivity contribution >= 4 is 29.1 Å². The molecule has 0 aliphatic heterocycles. The Kier molecular flexibility index (Phi) is 4.80. The highest BCUT2D eigenvalue weighted by Crippen LogP contribution is 2.37. The van der Waals surface area contributed by atoms with Gasteiger partial charge in [0.2, 0.25) is 5.95 Å². The van der Waals surface area contributed by atoms with Gasteiger partial charge in [-0.3, -0.25) is 0 Å². The first-order chi connectivity index (χ1) is 11.9. The Hall–Kier alpha value is -2.74. The molecule has 2 aromatic heterocycles. The molecule has 25 heavy (non-hydrogen) atoms. The van der Waals surface area contributed by atoms with Crippen molar-refractivity contribution in [3.05, 3.63) is 65.2 Å². The van der Waals surface area contributed by atoms with E-state index < -0.39 is 11.7 Å². The maximum atomic E-state index is 13.1. The van der Waals surface area contributed by atoms with Crippen LogP contribution in [0, 0.1) is 0 Å². The quantitative estimate of drug-likeness (QED) is 0.656.